The Bertz CT molecular complexity index is 174. The molecule has 4 nitrogen and oxygen atoms in total. The molecule has 15 heavy (non-hydrogen) atoms. The van der Waals surface area contributed by atoms with E-state index in [-0.39, 0.29) is 0 Å². The normalized spacial score (nSPS) is 13.1. The molecule has 0 aromatic heterocycles. The molecule has 1 atom stereocenters. The summed E-state index contributed by atoms with van der Waals surface area (Å²) in [6.07, 6.45) is 3.04. The quantitative estimate of drug-likeness (QED) is 0.607. The van der Waals surface area contributed by atoms with E-state index in [9.17, 15) is 4.79 Å². The highest BCUT2D eigenvalue weighted by molar-refractivity contribution is 5.73. The van der Waals surface area contributed by atoms with Crippen molar-refractivity contribution in [3.63, 3.8) is 0 Å². The predicted octanol–water partition coefficient (Wildman–Crippen LogP) is 1.17. The number of nitrogens with zero attached hydrogens (tertiary/aromatic N) is 1. The third kappa shape index (κ3) is 6.47. The molecule has 0 bridgehead atoms. The van der Waals surface area contributed by atoms with Crippen LogP contribution in [0.15, 0.2) is 0 Å². The van der Waals surface area contributed by atoms with Gasteiger partial charge in [0.15, 0.2) is 0 Å². The molecule has 0 aromatic carbocycles. The third-order valence-corrected chi connectivity index (χ3v) is 2.66. The summed E-state index contributed by atoms with van der Waals surface area (Å²) in [6.45, 7) is 7.21. The van der Waals surface area contributed by atoms with Crippen LogP contribution in [0.2, 0.25) is 0 Å². The van der Waals surface area contributed by atoms with Gasteiger partial charge in [-0.05, 0) is 33.0 Å². The topological polar surface area (TPSA) is 52.6 Å². The van der Waals surface area contributed by atoms with Gasteiger partial charge < -0.3 is 15.3 Å². The summed E-state index contributed by atoms with van der Waals surface area (Å²) >= 11 is 0. The number of carboxylic acids is 1. The lowest BCUT2D eigenvalue weighted by Crippen LogP contribution is -2.38. The molecule has 0 aromatic rings. The van der Waals surface area contributed by atoms with Gasteiger partial charge in [0.05, 0.1) is 0 Å². The molecule has 0 rings (SSSR count). The summed E-state index contributed by atoms with van der Waals surface area (Å²) in [5.74, 6) is -0.760. The van der Waals surface area contributed by atoms with Gasteiger partial charge in [-0.3, -0.25) is 4.79 Å². The summed E-state index contributed by atoms with van der Waals surface area (Å²) in [7, 11) is 1.70. The second-order valence-electron chi connectivity index (χ2n) is 3.76. The number of likely N-dealkylation sites (N-methyl/N-ethyl adjacent to an activating group) is 1. The highest BCUT2D eigenvalue weighted by Crippen LogP contribution is 1.99. The second kappa shape index (κ2) is 8.68. The molecule has 90 valence electrons. The lowest BCUT2D eigenvalue weighted by Gasteiger charge is -2.21. The minimum absolute atomic E-state index is 0.416. The van der Waals surface area contributed by atoms with Crippen molar-refractivity contribution in [2.24, 2.45) is 0 Å². The van der Waals surface area contributed by atoms with E-state index in [4.69, 9.17) is 5.11 Å². The van der Waals surface area contributed by atoms with Crippen molar-refractivity contribution >= 4 is 5.97 Å². The Balaban J connectivity index is 3.81. The van der Waals surface area contributed by atoms with Gasteiger partial charge in [-0.15, -0.1) is 0 Å². The van der Waals surface area contributed by atoms with Crippen LogP contribution in [0.1, 0.15) is 33.1 Å². The van der Waals surface area contributed by atoms with Crippen molar-refractivity contribution in [1.82, 2.24) is 10.2 Å². The number of carboxylic acid groups (broad SMARTS) is 1. The van der Waals surface area contributed by atoms with Crippen molar-refractivity contribution < 1.29 is 9.90 Å². The maximum Gasteiger partial charge on any atom is 0.320 e. The number of rotatable bonds is 9. The Kier molecular flexibility index (Phi) is 8.33. The van der Waals surface area contributed by atoms with Crippen LogP contribution < -0.4 is 5.32 Å². The monoisotopic (exact) mass is 216 g/mol. The van der Waals surface area contributed by atoms with Gasteiger partial charge in [0.1, 0.15) is 6.04 Å². The average molecular weight is 216 g/mol. The predicted molar refractivity (Wildman–Crippen MR) is 62.1 cm³/mol. The molecule has 0 aliphatic rings. The highest BCUT2D eigenvalue weighted by Gasteiger charge is 2.15. The van der Waals surface area contributed by atoms with E-state index >= 15 is 0 Å². The first-order valence-electron chi connectivity index (χ1n) is 5.78. The fraction of sp³-hybridized carbons (Fsp3) is 0.909. The van der Waals surface area contributed by atoms with Crippen molar-refractivity contribution in [3.8, 4) is 0 Å². The maximum atomic E-state index is 10.8. The van der Waals surface area contributed by atoms with E-state index < -0.39 is 12.0 Å². The fourth-order valence-corrected chi connectivity index (χ4v) is 1.51. The lowest BCUT2D eigenvalue weighted by atomic mass is 10.2. The zero-order valence-corrected chi connectivity index (χ0v) is 10.1. The van der Waals surface area contributed by atoms with Crippen LogP contribution in [0.4, 0.5) is 0 Å². The van der Waals surface area contributed by atoms with Crippen LogP contribution in [0.3, 0.4) is 0 Å². The Morgan fingerprint density at radius 1 is 1.40 bits per heavy atom. The zero-order valence-electron chi connectivity index (χ0n) is 10.1. The van der Waals surface area contributed by atoms with Gasteiger partial charge in [-0.1, -0.05) is 20.3 Å². The molecule has 0 heterocycles. The first-order chi connectivity index (χ1) is 7.15. The average Bonchev–Trinajstić information content (AvgIpc) is 2.23. The molecule has 1 unspecified atom stereocenters. The number of carbonyl (C=O) groups is 1. The SMILES string of the molecule is CCCCN(CC)CCC(NC)C(=O)O. The Morgan fingerprint density at radius 3 is 2.47 bits per heavy atom. The molecule has 0 radical (unpaired) electrons. The Hall–Kier alpha value is -0.610. The summed E-state index contributed by atoms with van der Waals surface area (Å²) in [5, 5.41) is 11.7. The van der Waals surface area contributed by atoms with E-state index in [0.717, 1.165) is 19.6 Å². The van der Waals surface area contributed by atoms with Crippen LogP contribution in [0, 0.1) is 0 Å². The Labute approximate surface area is 92.7 Å². The molecule has 4 heteroatoms. The van der Waals surface area contributed by atoms with Crippen LogP contribution in [0.5, 0.6) is 0 Å². The zero-order chi connectivity index (χ0) is 11.7. The molecular weight excluding hydrogens is 192 g/mol. The summed E-state index contributed by atoms with van der Waals surface area (Å²) in [4.78, 5) is 13.1. The van der Waals surface area contributed by atoms with E-state index in [1.807, 2.05) is 0 Å². The maximum absolute atomic E-state index is 10.8. The highest BCUT2D eigenvalue weighted by atomic mass is 16.4. The molecule has 0 saturated carbocycles. The minimum Gasteiger partial charge on any atom is -0.480 e. The first-order valence-corrected chi connectivity index (χ1v) is 5.78. The van der Waals surface area contributed by atoms with Crippen LogP contribution >= 0.6 is 0 Å². The first kappa shape index (κ1) is 14.4. The second-order valence-corrected chi connectivity index (χ2v) is 3.76. The van der Waals surface area contributed by atoms with E-state index in [1.54, 1.807) is 7.05 Å². The molecule has 2 N–H and O–H groups in total. The van der Waals surface area contributed by atoms with Crippen LogP contribution in [0.25, 0.3) is 0 Å². The smallest absolute Gasteiger partial charge is 0.320 e. The molecular formula is C11H24N2O2. The standard InChI is InChI=1S/C11H24N2O2/c1-4-6-8-13(5-2)9-7-10(12-3)11(14)15/h10,12H,4-9H2,1-3H3,(H,14,15). The van der Waals surface area contributed by atoms with Crippen molar-refractivity contribution in [2.75, 3.05) is 26.7 Å². The lowest BCUT2D eigenvalue weighted by molar-refractivity contribution is -0.139. The number of hydrogen-bond donors (Lipinski definition) is 2. The third-order valence-electron chi connectivity index (χ3n) is 2.66. The van der Waals surface area contributed by atoms with Crippen molar-refractivity contribution in [1.29, 1.82) is 0 Å². The van der Waals surface area contributed by atoms with Crippen molar-refractivity contribution in [2.45, 2.75) is 39.2 Å². The number of aliphatic carboxylic acids is 1. The van der Waals surface area contributed by atoms with E-state index in [0.29, 0.717) is 6.42 Å². The van der Waals surface area contributed by atoms with Gasteiger partial charge >= 0.3 is 5.97 Å². The van der Waals surface area contributed by atoms with Gasteiger partial charge in [-0.2, -0.15) is 0 Å². The van der Waals surface area contributed by atoms with Crippen LogP contribution in [-0.4, -0.2) is 48.7 Å². The molecule has 0 amide bonds. The summed E-state index contributed by atoms with van der Waals surface area (Å²) in [5.41, 5.74) is 0. The van der Waals surface area contributed by atoms with Crippen molar-refractivity contribution in [3.05, 3.63) is 0 Å². The number of hydrogen-bond acceptors (Lipinski definition) is 3. The van der Waals surface area contributed by atoms with Gasteiger partial charge in [0.25, 0.3) is 0 Å². The summed E-state index contributed by atoms with van der Waals surface area (Å²) in [6, 6.07) is -0.416. The molecule has 0 saturated heterocycles. The van der Waals surface area contributed by atoms with E-state index in [1.165, 1.54) is 12.8 Å². The Morgan fingerprint density at radius 2 is 2.07 bits per heavy atom. The van der Waals surface area contributed by atoms with E-state index in [2.05, 4.69) is 24.1 Å². The molecule has 0 aliphatic heterocycles. The molecule has 0 spiro atoms. The molecule has 0 aliphatic carbocycles. The number of nitrogens with one attached hydrogen (secondary N) is 1. The van der Waals surface area contributed by atoms with Gasteiger partial charge in [0, 0.05) is 6.54 Å². The summed E-state index contributed by atoms with van der Waals surface area (Å²) < 4.78 is 0. The molecule has 0 fully saturated rings. The number of unbranched alkanes of at least 4 members (excludes halogenated alkanes) is 1. The van der Waals surface area contributed by atoms with Gasteiger partial charge in [-0.25, -0.2) is 0 Å². The van der Waals surface area contributed by atoms with Crippen LogP contribution in [-0.2, 0) is 4.79 Å². The minimum atomic E-state index is -0.760. The van der Waals surface area contributed by atoms with Gasteiger partial charge in [0.2, 0.25) is 0 Å². The largest absolute Gasteiger partial charge is 0.480 e. The fourth-order valence-electron chi connectivity index (χ4n) is 1.51.